The van der Waals surface area contributed by atoms with E-state index in [0.29, 0.717) is 0 Å². The van der Waals surface area contributed by atoms with E-state index in [2.05, 4.69) is 30.3 Å². The van der Waals surface area contributed by atoms with Gasteiger partial charge in [0.1, 0.15) is 0 Å². The first kappa shape index (κ1) is 11.8. The minimum absolute atomic E-state index is 0.284. The number of fused-ring (bicyclic) bond motifs is 1. The molecule has 0 saturated carbocycles. The zero-order chi connectivity index (χ0) is 12.9. The molecule has 1 aliphatic rings. The van der Waals surface area contributed by atoms with Crippen molar-refractivity contribution in [1.82, 2.24) is 0 Å². The third-order valence-corrected chi connectivity index (χ3v) is 3.07. The van der Waals surface area contributed by atoms with E-state index in [1.165, 1.54) is 5.56 Å². The molecule has 1 aliphatic heterocycles. The zero-order valence-electron chi connectivity index (χ0n) is 10.7. The van der Waals surface area contributed by atoms with Crippen LogP contribution in [0.4, 0.5) is 0 Å². The number of ether oxygens (including phenoxy) is 2. The van der Waals surface area contributed by atoms with Crippen LogP contribution in [0.1, 0.15) is 12.0 Å². The summed E-state index contributed by atoms with van der Waals surface area (Å²) in [6.45, 7) is 0. The van der Waals surface area contributed by atoms with Crippen molar-refractivity contribution < 1.29 is 9.47 Å². The van der Waals surface area contributed by atoms with Gasteiger partial charge in [-0.25, -0.2) is 0 Å². The van der Waals surface area contributed by atoms with Gasteiger partial charge in [-0.05, 0) is 36.6 Å². The Morgan fingerprint density at radius 2 is 1.47 bits per heavy atom. The molecule has 2 heteroatoms. The molecule has 19 heavy (non-hydrogen) atoms. The fraction of sp³-hybridized carbons (Fsp3) is 0.176. The first-order valence-corrected chi connectivity index (χ1v) is 6.55. The van der Waals surface area contributed by atoms with Gasteiger partial charge in [-0.3, -0.25) is 0 Å². The first-order chi connectivity index (χ1) is 9.42. The molecule has 0 atom stereocenters. The summed E-state index contributed by atoms with van der Waals surface area (Å²) in [5.41, 5.74) is 1.35. The number of hydrogen-bond donors (Lipinski definition) is 0. The van der Waals surface area contributed by atoms with Gasteiger partial charge < -0.3 is 9.47 Å². The molecule has 0 aliphatic carbocycles. The van der Waals surface area contributed by atoms with Gasteiger partial charge in [0.2, 0.25) is 0 Å². The molecular formula is C17H16O2. The van der Waals surface area contributed by atoms with E-state index in [-0.39, 0.29) is 6.29 Å². The van der Waals surface area contributed by atoms with E-state index >= 15 is 0 Å². The molecule has 0 unspecified atom stereocenters. The minimum atomic E-state index is -0.284. The minimum Gasteiger partial charge on any atom is -0.447 e. The number of aryl methyl sites for hydroxylation is 1. The van der Waals surface area contributed by atoms with E-state index in [0.717, 1.165) is 24.3 Å². The normalized spacial score (nSPS) is 14.1. The summed E-state index contributed by atoms with van der Waals surface area (Å²) in [4.78, 5) is 0. The summed E-state index contributed by atoms with van der Waals surface area (Å²) < 4.78 is 11.3. The maximum atomic E-state index is 5.65. The molecule has 3 rings (SSSR count). The lowest BCUT2D eigenvalue weighted by Gasteiger charge is -2.04. The van der Waals surface area contributed by atoms with E-state index in [9.17, 15) is 0 Å². The highest BCUT2D eigenvalue weighted by molar-refractivity contribution is 5.42. The van der Waals surface area contributed by atoms with Crippen molar-refractivity contribution in [2.24, 2.45) is 0 Å². The molecule has 0 amide bonds. The van der Waals surface area contributed by atoms with Crippen LogP contribution in [0.5, 0.6) is 11.5 Å². The van der Waals surface area contributed by atoms with Crippen molar-refractivity contribution in [2.45, 2.75) is 19.1 Å². The van der Waals surface area contributed by atoms with Gasteiger partial charge in [0.15, 0.2) is 11.5 Å². The maximum absolute atomic E-state index is 5.65. The maximum Gasteiger partial charge on any atom is 0.261 e. The van der Waals surface area contributed by atoms with Gasteiger partial charge in [0.05, 0.1) is 0 Å². The topological polar surface area (TPSA) is 18.5 Å². The molecule has 1 heterocycles. The summed E-state index contributed by atoms with van der Waals surface area (Å²) in [5, 5.41) is 0. The Bertz CT molecular complexity index is 535. The van der Waals surface area contributed by atoms with Crippen molar-refractivity contribution in [3.05, 3.63) is 72.3 Å². The first-order valence-electron chi connectivity index (χ1n) is 6.55. The van der Waals surface area contributed by atoms with Crippen molar-refractivity contribution in [2.75, 3.05) is 0 Å². The van der Waals surface area contributed by atoms with Crippen LogP contribution in [0.15, 0.2) is 66.7 Å². The molecule has 0 spiro atoms. The van der Waals surface area contributed by atoms with Crippen LogP contribution in [0.25, 0.3) is 0 Å². The fourth-order valence-electron chi connectivity index (χ4n) is 2.10. The van der Waals surface area contributed by atoms with E-state index in [4.69, 9.17) is 9.47 Å². The quantitative estimate of drug-likeness (QED) is 0.766. The lowest BCUT2D eigenvalue weighted by atomic mass is 10.1. The Morgan fingerprint density at radius 3 is 2.16 bits per heavy atom. The average Bonchev–Trinajstić information content (AvgIpc) is 2.87. The number of para-hydroxylation sites is 2. The Hall–Kier alpha value is -2.22. The van der Waals surface area contributed by atoms with Crippen LogP contribution < -0.4 is 9.47 Å². The predicted molar refractivity (Wildman–Crippen MR) is 75.4 cm³/mol. The summed E-state index contributed by atoms with van der Waals surface area (Å²) in [7, 11) is 0. The van der Waals surface area contributed by atoms with Crippen molar-refractivity contribution in [3.63, 3.8) is 0 Å². The molecule has 0 bridgehead atoms. The molecule has 0 fully saturated rings. The van der Waals surface area contributed by atoms with Gasteiger partial charge in [0.25, 0.3) is 6.29 Å². The van der Waals surface area contributed by atoms with Gasteiger partial charge in [-0.1, -0.05) is 48.5 Å². The van der Waals surface area contributed by atoms with E-state index < -0.39 is 0 Å². The Labute approximate surface area is 113 Å². The van der Waals surface area contributed by atoms with Gasteiger partial charge >= 0.3 is 0 Å². The highest BCUT2D eigenvalue weighted by Gasteiger charge is 2.20. The van der Waals surface area contributed by atoms with Crippen LogP contribution in [0.3, 0.4) is 0 Å². The molecule has 0 radical (unpaired) electrons. The smallest absolute Gasteiger partial charge is 0.261 e. The molecular weight excluding hydrogens is 236 g/mol. The second-order valence-electron chi connectivity index (χ2n) is 4.50. The van der Waals surface area contributed by atoms with Crippen LogP contribution in [0.2, 0.25) is 0 Å². The lowest BCUT2D eigenvalue weighted by molar-refractivity contribution is 0.0949. The Morgan fingerprint density at radius 1 is 0.842 bits per heavy atom. The van der Waals surface area contributed by atoms with Crippen molar-refractivity contribution in [1.29, 1.82) is 0 Å². The van der Waals surface area contributed by atoms with Crippen LogP contribution in [-0.2, 0) is 6.42 Å². The highest BCUT2D eigenvalue weighted by atomic mass is 16.7. The third-order valence-electron chi connectivity index (χ3n) is 3.07. The van der Waals surface area contributed by atoms with E-state index in [1.54, 1.807) is 0 Å². The molecule has 0 N–H and O–H groups in total. The van der Waals surface area contributed by atoms with Crippen molar-refractivity contribution in [3.8, 4) is 11.5 Å². The lowest BCUT2D eigenvalue weighted by Crippen LogP contribution is -2.13. The molecule has 0 saturated heterocycles. The fourth-order valence-corrected chi connectivity index (χ4v) is 2.10. The number of allylic oxidation sites excluding steroid dienone is 1. The molecule has 0 aromatic heterocycles. The highest BCUT2D eigenvalue weighted by Crippen LogP contribution is 2.34. The second kappa shape index (κ2) is 5.61. The monoisotopic (exact) mass is 252 g/mol. The average molecular weight is 252 g/mol. The summed E-state index contributed by atoms with van der Waals surface area (Å²) in [6.07, 6.45) is 5.83. The Kier molecular flexibility index (Phi) is 3.50. The zero-order valence-corrected chi connectivity index (χ0v) is 10.7. The van der Waals surface area contributed by atoms with Gasteiger partial charge in [0, 0.05) is 0 Å². The number of rotatable bonds is 4. The van der Waals surface area contributed by atoms with Crippen LogP contribution in [-0.4, -0.2) is 6.29 Å². The SMILES string of the molecule is C(=CC1Oc2ccccc2O1)CCc1ccccc1. The van der Waals surface area contributed by atoms with E-state index in [1.807, 2.05) is 36.4 Å². The molecule has 2 aromatic rings. The second-order valence-corrected chi connectivity index (χ2v) is 4.50. The third kappa shape index (κ3) is 2.97. The predicted octanol–water partition coefficient (Wildman–Crippen LogP) is 3.97. The Balaban J connectivity index is 1.50. The standard InChI is InChI=1S/C17H16O2/c1-2-8-14(9-3-1)10-4-7-13-17-18-15-11-5-6-12-16(15)19-17/h1-3,5-9,11-13,17H,4,10H2. The van der Waals surface area contributed by atoms with Crippen molar-refractivity contribution >= 4 is 0 Å². The molecule has 2 nitrogen and oxygen atoms in total. The van der Waals surface area contributed by atoms with Gasteiger partial charge in [-0.2, -0.15) is 0 Å². The summed E-state index contributed by atoms with van der Waals surface area (Å²) >= 11 is 0. The van der Waals surface area contributed by atoms with Crippen LogP contribution >= 0.6 is 0 Å². The number of benzene rings is 2. The van der Waals surface area contributed by atoms with Crippen LogP contribution in [0, 0.1) is 0 Å². The molecule has 96 valence electrons. The largest absolute Gasteiger partial charge is 0.447 e. The van der Waals surface area contributed by atoms with Gasteiger partial charge in [-0.15, -0.1) is 0 Å². The summed E-state index contributed by atoms with van der Waals surface area (Å²) in [5.74, 6) is 1.64. The molecule has 2 aromatic carbocycles. The summed E-state index contributed by atoms with van der Waals surface area (Å²) in [6, 6.07) is 18.2. The number of hydrogen-bond acceptors (Lipinski definition) is 2.